The molecule has 2 aliphatic carbocycles. The Labute approximate surface area is 139 Å². The van der Waals surface area contributed by atoms with Crippen LogP contribution in [0.5, 0.6) is 0 Å². The van der Waals surface area contributed by atoms with E-state index in [1.54, 1.807) is 0 Å². The maximum absolute atomic E-state index is 10.9. The van der Waals surface area contributed by atoms with Gasteiger partial charge in [-0.15, -0.1) is 0 Å². The van der Waals surface area contributed by atoms with Crippen molar-refractivity contribution in [3.05, 3.63) is 0 Å². The predicted octanol–water partition coefficient (Wildman–Crippen LogP) is 3.93. The van der Waals surface area contributed by atoms with Crippen LogP contribution in [0.2, 0.25) is 0 Å². The van der Waals surface area contributed by atoms with E-state index in [0.29, 0.717) is 11.7 Å². The monoisotopic (exact) mass is 319 g/mol. The fraction of sp³-hybridized carbons (Fsp3) is 0.895. The standard InChI is InChI=1S/C10H15NO.C9H14O2/c11-8-9-2-5-10(6-3-9)4-1-7-12-10;10-8-2-5-9(6-3-8)4-1-7-11-9/h9H,1-7H2;1-7H2. The van der Waals surface area contributed by atoms with E-state index < -0.39 is 0 Å². The van der Waals surface area contributed by atoms with Crippen LogP contribution in [0.1, 0.15) is 77.0 Å². The number of Topliss-reactive ketones (excluding diaryl/α,β-unsaturated/α-hetero) is 1. The second kappa shape index (κ2) is 7.32. The number of nitriles is 1. The van der Waals surface area contributed by atoms with Crippen LogP contribution in [-0.4, -0.2) is 30.2 Å². The van der Waals surface area contributed by atoms with Crippen LogP contribution >= 0.6 is 0 Å². The third kappa shape index (κ3) is 4.14. The van der Waals surface area contributed by atoms with Gasteiger partial charge in [-0.1, -0.05) is 0 Å². The van der Waals surface area contributed by atoms with E-state index in [1.165, 1.54) is 25.7 Å². The quantitative estimate of drug-likeness (QED) is 0.679. The van der Waals surface area contributed by atoms with E-state index in [9.17, 15) is 4.79 Å². The van der Waals surface area contributed by atoms with Crippen LogP contribution in [0.3, 0.4) is 0 Å². The zero-order valence-corrected chi connectivity index (χ0v) is 14.1. The third-order valence-corrected chi connectivity index (χ3v) is 6.17. The van der Waals surface area contributed by atoms with E-state index in [1.807, 2.05) is 0 Å². The Morgan fingerprint density at radius 2 is 1.39 bits per heavy atom. The van der Waals surface area contributed by atoms with E-state index >= 15 is 0 Å². The van der Waals surface area contributed by atoms with Gasteiger partial charge in [0.15, 0.2) is 0 Å². The summed E-state index contributed by atoms with van der Waals surface area (Å²) in [6, 6.07) is 2.35. The van der Waals surface area contributed by atoms with Crippen LogP contribution in [0.15, 0.2) is 0 Å². The van der Waals surface area contributed by atoms with Crippen molar-refractivity contribution in [1.29, 1.82) is 5.26 Å². The summed E-state index contributed by atoms with van der Waals surface area (Å²) in [6.07, 6.45) is 12.6. The lowest BCUT2D eigenvalue weighted by Crippen LogP contribution is -2.33. The Hall–Kier alpha value is -0.920. The number of carbonyl (C=O) groups excluding carboxylic acids is 1. The third-order valence-electron chi connectivity index (χ3n) is 6.17. The topological polar surface area (TPSA) is 59.3 Å². The van der Waals surface area contributed by atoms with Gasteiger partial charge in [0, 0.05) is 32.0 Å². The Morgan fingerprint density at radius 3 is 1.83 bits per heavy atom. The molecule has 0 aromatic heterocycles. The minimum atomic E-state index is 0.133. The van der Waals surface area contributed by atoms with Crippen molar-refractivity contribution in [2.45, 2.75) is 88.3 Å². The molecule has 2 saturated heterocycles. The van der Waals surface area contributed by atoms with Gasteiger partial charge in [0.1, 0.15) is 5.78 Å². The van der Waals surface area contributed by atoms with Crippen molar-refractivity contribution in [2.24, 2.45) is 5.92 Å². The number of hydrogen-bond acceptors (Lipinski definition) is 4. The van der Waals surface area contributed by atoms with Gasteiger partial charge in [-0.3, -0.25) is 4.79 Å². The molecule has 4 aliphatic rings. The summed E-state index contributed by atoms with van der Waals surface area (Å²) in [4.78, 5) is 10.9. The molecular formula is C19H29NO3. The number of nitrogens with zero attached hydrogens (tertiary/aromatic N) is 1. The number of ether oxygens (including phenoxy) is 2. The highest BCUT2D eigenvalue weighted by Crippen LogP contribution is 2.41. The van der Waals surface area contributed by atoms with Crippen molar-refractivity contribution in [1.82, 2.24) is 0 Å². The molecule has 4 rings (SSSR count). The Balaban J connectivity index is 0.000000136. The molecule has 23 heavy (non-hydrogen) atoms. The lowest BCUT2D eigenvalue weighted by molar-refractivity contribution is -0.126. The normalized spacial score (nSPS) is 35.8. The van der Waals surface area contributed by atoms with Gasteiger partial charge in [0.25, 0.3) is 0 Å². The second-order valence-corrected chi connectivity index (χ2v) is 7.71. The number of hydrogen-bond donors (Lipinski definition) is 0. The summed E-state index contributed by atoms with van der Waals surface area (Å²) in [5.41, 5.74) is 0.335. The van der Waals surface area contributed by atoms with E-state index in [-0.39, 0.29) is 11.2 Å². The van der Waals surface area contributed by atoms with Crippen LogP contribution < -0.4 is 0 Å². The summed E-state index contributed by atoms with van der Waals surface area (Å²) in [6.45, 7) is 1.85. The first-order chi connectivity index (χ1) is 11.2. The predicted molar refractivity (Wildman–Crippen MR) is 86.9 cm³/mol. The lowest BCUT2D eigenvalue weighted by atomic mass is 9.78. The molecule has 0 unspecified atom stereocenters. The van der Waals surface area contributed by atoms with Gasteiger partial charge in [-0.2, -0.15) is 5.26 Å². The molecule has 128 valence electrons. The summed E-state index contributed by atoms with van der Waals surface area (Å²) in [7, 11) is 0. The fourth-order valence-electron chi connectivity index (χ4n) is 4.56. The van der Waals surface area contributed by atoms with E-state index in [0.717, 1.165) is 64.6 Å². The maximum atomic E-state index is 10.9. The SMILES string of the molecule is N#CC1CCC2(CCCO2)CC1.O=C1CCC2(CCCO2)CC1. The summed E-state index contributed by atoms with van der Waals surface area (Å²) in [5, 5.41) is 8.73. The summed E-state index contributed by atoms with van der Waals surface area (Å²) in [5.74, 6) is 0.728. The van der Waals surface area contributed by atoms with E-state index in [2.05, 4.69) is 6.07 Å². The molecule has 2 aliphatic heterocycles. The van der Waals surface area contributed by atoms with Gasteiger partial charge in [-0.05, 0) is 64.2 Å². The van der Waals surface area contributed by atoms with Crippen LogP contribution in [0.4, 0.5) is 0 Å². The zero-order valence-electron chi connectivity index (χ0n) is 14.1. The van der Waals surface area contributed by atoms with E-state index in [4.69, 9.17) is 14.7 Å². The molecule has 2 spiro atoms. The molecule has 2 heterocycles. The largest absolute Gasteiger partial charge is 0.375 e. The van der Waals surface area contributed by atoms with Crippen LogP contribution in [0.25, 0.3) is 0 Å². The van der Waals surface area contributed by atoms with Gasteiger partial charge >= 0.3 is 0 Å². The minimum absolute atomic E-state index is 0.133. The summed E-state index contributed by atoms with van der Waals surface area (Å²) >= 11 is 0. The van der Waals surface area contributed by atoms with Crippen molar-refractivity contribution in [3.8, 4) is 6.07 Å². The van der Waals surface area contributed by atoms with Gasteiger partial charge in [-0.25, -0.2) is 0 Å². The van der Waals surface area contributed by atoms with Gasteiger partial charge < -0.3 is 9.47 Å². The molecular weight excluding hydrogens is 290 g/mol. The minimum Gasteiger partial charge on any atom is -0.375 e. The molecule has 0 amide bonds. The molecule has 0 aromatic rings. The smallest absolute Gasteiger partial charge is 0.133 e. The average Bonchev–Trinajstić information content (AvgIpc) is 3.23. The Bertz CT molecular complexity index is 434. The zero-order chi connectivity index (χ0) is 16.2. The first-order valence-electron chi connectivity index (χ1n) is 9.35. The molecule has 4 heteroatoms. The van der Waals surface area contributed by atoms with Crippen molar-refractivity contribution >= 4 is 5.78 Å². The first kappa shape index (κ1) is 16.9. The van der Waals surface area contributed by atoms with Gasteiger partial charge in [0.05, 0.1) is 17.3 Å². The van der Waals surface area contributed by atoms with Crippen molar-refractivity contribution in [3.63, 3.8) is 0 Å². The first-order valence-corrected chi connectivity index (χ1v) is 9.35. The molecule has 0 N–H and O–H groups in total. The molecule has 0 atom stereocenters. The molecule has 0 aromatic carbocycles. The fourth-order valence-corrected chi connectivity index (χ4v) is 4.56. The molecule has 0 radical (unpaired) electrons. The lowest BCUT2D eigenvalue weighted by Gasteiger charge is -2.34. The second-order valence-electron chi connectivity index (χ2n) is 7.71. The highest BCUT2D eigenvalue weighted by molar-refractivity contribution is 5.79. The Kier molecular flexibility index (Phi) is 5.38. The number of ketones is 1. The van der Waals surface area contributed by atoms with Crippen molar-refractivity contribution < 1.29 is 14.3 Å². The van der Waals surface area contributed by atoms with Crippen LogP contribution in [0, 0.1) is 17.2 Å². The Morgan fingerprint density at radius 1 is 0.870 bits per heavy atom. The molecule has 0 bridgehead atoms. The highest BCUT2D eigenvalue weighted by Gasteiger charge is 2.39. The number of carbonyl (C=O) groups is 1. The van der Waals surface area contributed by atoms with Crippen molar-refractivity contribution in [2.75, 3.05) is 13.2 Å². The molecule has 2 saturated carbocycles. The van der Waals surface area contributed by atoms with Gasteiger partial charge in [0.2, 0.25) is 0 Å². The van der Waals surface area contributed by atoms with Crippen LogP contribution in [-0.2, 0) is 14.3 Å². The molecule has 4 fully saturated rings. The highest BCUT2D eigenvalue weighted by atomic mass is 16.5. The maximum Gasteiger partial charge on any atom is 0.133 e. The summed E-state index contributed by atoms with van der Waals surface area (Å²) < 4.78 is 11.4. The molecule has 4 nitrogen and oxygen atoms in total. The average molecular weight is 319 g/mol. The number of rotatable bonds is 0.